The Morgan fingerprint density at radius 3 is 2.59 bits per heavy atom. The van der Waals surface area contributed by atoms with Gasteiger partial charge in [0.05, 0.1) is 5.69 Å². The summed E-state index contributed by atoms with van der Waals surface area (Å²) in [6.07, 6.45) is 0. The Hall–Kier alpha value is -1.36. The number of aryl methyl sites for hydroxylation is 2. The molecule has 94 valence electrons. The third kappa shape index (κ3) is 2.49. The van der Waals surface area contributed by atoms with Crippen LogP contribution in [0.1, 0.15) is 23.1 Å². The molecule has 0 N–H and O–H groups in total. The molecule has 2 rings (SSSR count). The first-order valence-electron chi connectivity index (χ1n) is 6.14. The first kappa shape index (κ1) is 12.1. The zero-order chi connectivity index (χ0) is 12.4. The second-order valence-corrected chi connectivity index (χ2v) is 4.58. The van der Waals surface area contributed by atoms with Crippen molar-refractivity contribution in [2.75, 3.05) is 33.2 Å². The first-order chi connectivity index (χ1) is 8.11. The molecule has 1 fully saturated rings. The van der Waals surface area contributed by atoms with Gasteiger partial charge in [-0.25, -0.2) is 0 Å². The molecule has 0 unspecified atom stereocenters. The van der Waals surface area contributed by atoms with E-state index in [9.17, 15) is 4.79 Å². The largest absolute Gasteiger partial charge is 0.335 e. The highest BCUT2D eigenvalue weighted by Crippen LogP contribution is 2.10. The van der Waals surface area contributed by atoms with Crippen LogP contribution in [0.25, 0.3) is 0 Å². The lowest BCUT2D eigenvalue weighted by Crippen LogP contribution is -2.47. The minimum Gasteiger partial charge on any atom is -0.335 e. The van der Waals surface area contributed by atoms with Gasteiger partial charge in [-0.15, -0.1) is 0 Å². The lowest BCUT2D eigenvalue weighted by Gasteiger charge is -2.32. The summed E-state index contributed by atoms with van der Waals surface area (Å²) in [6.45, 7) is 8.19. The third-order valence-electron chi connectivity index (χ3n) is 3.21. The monoisotopic (exact) mass is 236 g/mol. The van der Waals surface area contributed by atoms with Gasteiger partial charge < -0.3 is 9.80 Å². The molecule has 0 aromatic carbocycles. The van der Waals surface area contributed by atoms with Gasteiger partial charge in [0.2, 0.25) is 0 Å². The Labute approximate surface area is 102 Å². The van der Waals surface area contributed by atoms with Gasteiger partial charge in [0.1, 0.15) is 5.69 Å². The van der Waals surface area contributed by atoms with E-state index in [-0.39, 0.29) is 5.91 Å². The second-order valence-electron chi connectivity index (χ2n) is 4.58. The normalized spacial score (nSPS) is 17.5. The van der Waals surface area contributed by atoms with Crippen molar-refractivity contribution in [1.82, 2.24) is 19.6 Å². The SMILES string of the molecule is CCn1nc(C)cc1C(=O)N1CCN(C)CC1. The summed E-state index contributed by atoms with van der Waals surface area (Å²) in [6, 6.07) is 1.88. The average Bonchev–Trinajstić information content (AvgIpc) is 2.70. The van der Waals surface area contributed by atoms with Crippen molar-refractivity contribution in [3.8, 4) is 0 Å². The van der Waals surface area contributed by atoms with Gasteiger partial charge in [-0.3, -0.25) is 9.48 Å². The molecule has 0 bridgehead atoms. The Morgan fingerprint density at radius 2 is 2.00 bits per heavy atom. The van der Waals surface area contributed by atoms with E-state index in [4.69, 9.17) is 0 Å². The number of aromatic nitrogens is 2. The lowest BCUT2D eigenvalue weighted by molar-refractivity contribution is 0.0652. The number of carbonyl (C=O) groups excluding carboxylic acids is 1. The van der Waals surface area contributed by atoms with Crippen LogP contribution >= 0.6 is 0 Å². The predicted octanol–water partition coefficient (Wildman–Crippen LogP) is 0.599. The minimum absolute atomic E-state index is 0.112. The number of likely N-dealkylation sites (N-methyl/N-ethyl adjacent to an activating group) is 1. The van der Waals surface area contributed by atoms with Crippen molar-refractivity contribution in [1.29, 1.82) is 0 Å². The number of hydrogen-bond acceptors (Lipinski definition) is 3. The second kappa shape index (κ2) is 4.87. The van der Waals surface area contributed by atoms with Crippen molar-refractivity contribution in [2.24, 2.45) is 0 Å². The summed E-state index contributed by atoms with van der Waals surface area (Å²) in [5.41, 5.74) is 1.62. The average molecular weight is 236 g/mol. The number of nitrogens with zero attached hydrogens (tertiary/aromatic N) is 4. The van der Waals surface area contributed by atoms with Crippen LogP contribution in [0.4, 0.5) is 0 Å². The molecular weight excluding hydrogens is 216 g/mol. The molecule has 17 heavy (non-hydrogen) atoms. The first-order valence-corrected chi connectivity index (χ1v) is 6.14. The smallest absolute Gasteiger partial charge is 0.272 e. The molecule has 0 aliphatic carbocycles. The van der Waals surface area contributed by atoms with E-state index >= 15 is 0 Å². The van der Waals surface area contributed by atoms with Crippen molar-refractivity contribution >= 4 is 5.91 Å². The van der Waals surface area contributed by atoms with Crippen LogP contribution in [-0.4, -0.2) is 58.7 Å². The summed E-state index contributed by atoms with van der Waals surface area (Å²) in [5.74, 6) is 0.112. The van der Waals surface area contributed by atoms with E-state index in [0.29, 0.717) is 0 Å². The fraction of sp³-hybridized carbons (Fsp3) is 0.667. The molecule has 5 nitrogen and oxygen atoms in total. The van der Waals surface area contributed by atoms with Crippen LogP contribution in [0.15, 0.2) is 6.07 Å². The van der Waals surface area contributed by atoms with Gasteiger partial charge in [0.25, 0.3) is 5.91 Å². The van der Waals surface area contributed by atoms with Gasteiger partial charge in [-0.05, 0) is 27.0 Å². The number of carbonyl (C=O) groups is 1. The Bertz CT molecular complexity index is 405. The quantitative estimate of drug-likeness (QED) is 0.755. The van der Waals surface area contributed by atoms with Crippen LogP contribution in [0, 0.1) is 6.92 Å². The Morgan fingerprint density at radius 1 is 1.35 bits per heavy atom. The molecule has 2 heterocycles. The molecule has 1 aromatic heterocycles. The predicted molar refractivity (Wildman–Crippen MR) is 66.0 cm³/mol. The van der Waals surface area contributed by atoms with Crippen LogP contribution in [0.5, 0.6) is 0 Å². The van der Waals surface area contributed by atoms with E-state index in [1.165, 1.54) is 0 Å². The number of hydrogen-bond donors (Lipinski definition) is 0. The molecule has 1 amide bonds. The van der Waals surface area contributed by atoms with Crippen molar-refractivity contribution in [2.45, 2.75) is 20.4 Å². The zero-order valence-corrected chi connectivity index (χ0v) is 10.8. The molecule has 1 aliphatic rings. The molecule has 0 atom stereocenters. The van der Waals surface area contributed by atoms with Gasteiger partial charge >= 0.3 is 0 Å². The fourth-order valence-electron chi connectivity index (χ4n) is 2.13. The molecule has 0 spiro atoms. The van der Waals surface area contributed by atoms with Crippen LogP contribution < -0.4 is 0 Å². The zero-order valence-electron chi connectivity index (χ0n) is 10.8. The summed E-state index contributed by atoms with van der Waals surface area (Å²) < 4.78 is 1.79. The summed E-state index contributed by atoms with van der Waals surface area (Å²) >= 11 is 0. The minimum atomic E-state index is 0.112. The van der Waals surface area contributed by atoms with Gasteiger partial charge in [-0.1, -0.05) is 0 Å². The maximum atomic E-state index is 12.3. The fourth-order valence-corrected chi connectivity index (χ4v) is 2.13. The van der Waals surface area contributed by atoms with E-state index < -0.39 is 0 Å². The highest BCUT2D eigenvalue weighted by Gasteiger charge is 2.23. The topological polar surface area (TPSA) is 41.4 Å². The number of rotatable bonds is 2. The van der Waals surface area contributed by atoms with Crippen molar-refractivity contribution in [3.63, 3.8) is 0 Å². The molecule has 1 saturated heterocycles. The molecule has 1 aromatic rings. The summed E-state index contributed by atoms with van der Waals surface area (Å²) in [5, 5.41) is 4.32. The highest BCUT2D eigenvalue weighted by atomic mass is 16.2. The van der Waals surface area contributed by atoms with Gasteiger partial charge in [-0.2, -0.15) is 5.10 Å². The Balaban J connectivity index is 2.13. The molecule has 0 saturated carbocycles. The van der Waals surface area contributed by atoms with E-state index in [2.05, 4.69) is 17.0 Å². The standard InChI is InChI=1S/C12H20N4O/c1-4-16-11(9-10(2)13-16)12(17)15-7-5-14(3)6-8-15/h9H,4-8H2,1-3H3. The van der Waals surface area contributed by atoms with Crippen molar-refractivity contribution in [3.05, 3.63) is 17.5 Å². The summed E-state index contributed by atoms with van der Waals surface area (Å²) in [7, 11) is 2.09. The van der Waals surface area contributed by atoms with Gasteiger partial charge in [0.15, 0.2) is 0 Å². The van der Waals surface area contributed by atoms with Crippen LogP contribution in [-0.2, 0) is 6.54 Å². The molecule has 1 aliphatic heterocycles. The number of amides is 1. The molecular formula is C12H20N4O. The van der Waals surface area contributed by atoms with Crippen LogP contribution in [0.3, 0.4) is 0 Å². The number of piperazine rings is 1. The highest BCUT2D eigenvalue weighted by molar-refractivity contribution is 5.92. The maximum Gasteiger partial charge on any atom is 0.272 e. The Kier molecular flexibility index (Phi) is 3.47. The summed E-state index contributed by atoms with van der Waals surface area (Å²) in [4.78, 5) is 16.5. The molecule has 0 radical (unpaired) electrons. The van der Waals surface area contributed by atoms with Gasteiger partial charge in [0, 0.05) is 32.7 Å². The van der Waals surface area contributed by atoms with E-state index in [0.717, 1.165) is 44.1 Å². The maximum absolute atomic E-state index is 12.3. The third-order valence-corrected chi connectivity index (χ3v) is 3.21. The van der Waals surface area contributed by atoms with E-state index in [1.807, 2.05) is 24.8 Å². The van der Waals surface area contributed by atoms with E-state index in [1.54, 1.807) is 4.68 Å². The van der Waals surface area contributed by atoms with Crippen molar-refractivity contribution < 1.29 is 4.79 Å². The van der Waals surface area contributed by atoms with Crippen LogP contribution in [0.2, 0.25) is 0 Å². The lowest BCUT2D eigenvalue weighted by atomic mass is 10.2. The molecule has 5 heteroatoms.